The van der Waals surface area contributed by atoms with E-state index < -0.39 is 35.8 Å². The normalized spacial score (nSPS) is 38.4. The van der Waals surface area contributed by atoms with E-state index in [0.717, 1.165) is 41.1 Å². The molecule has 1 aromatic carbocycles. The number of ether oxygens (including phenoxy) is 1. The molecule has 34 heavy (non-hydrogen) atoms. The Labute approximate surface area is 198 Å². The van der Waals surface area contributed by atoms with Crippen molar-refractivity contribution in [2.24, 2.45) is 29.1 Å². The van der Waals surface area contributed by atoms with E-state index in [-0.39, 0.29) is 23.4 Å². The first-order valence-electron chi connectivity index (χ1n) is 12.9. The number of hydrogen-bond donors (Lipinski definition) is 1. The Hall–Kier alpha value is -2.18. The zero-order valence-corrected chi connectivity index (χ0v) is 19.6. The van der Waals surface area contributed by atoms with Crippen LogP contribution in [0.5, 0.6) is 5.75 Å². The molecular weight excluding hydrogens is 440 g/mol. The Bertz CT molecular complexity index is 987. The van der Waals surface area contributed by atoms with E-state index in [1.165, 1.54) is 51.5 Å². The molecule has 1 amide bonds. The summed E-state index contributed by atoms with van der Waals surface area (Å²) in [6.07, 6.45) is 8.12. The number of carboxylic acid groups (broad SMARTS) is 1. The molecule has 4 bridgehead atoms. The van der Waals surface area contributed by atoms with Crippen molar-refractivity contribution < 1.29 is 28.2 Å². The Kier molecular flexibility index (Phi) is 5.19. The molecule has 184 valence electrons. The molecule has 3 atom stereocenters. The molecule has 0 radical (unpaired) electrons. The SMILES string of the molecule is CC1C(F)CN(C(=O)c2cc(C3CC3)c(OCC34CC5CC(CC(C5)C3)C4)cc2F)C1C(=O)O. The number of carbonyl (C=O) groups excluding carboxylic acids is 1. The zero-order valence-electron chi connectivity index (χ0n) is 19.6. The van der Waals surface area contributed by atoms with Crippen LogP contribution >= 0.6 is 0 Å². The molecule has 1 heterocycles. The molecule has 7 rings (SSSR count). The highest BCUT2D eigenvalue weighted by Crippen LogP contribution is 2.60. The van der Waals surface area contributed by atoms with Crippen LogP contribution < -0.4 is 4.74 Å². The molecule has 5 saturated carbocycles. The van der Waals surface area contributed by atoms with Gasteiger partial charge in [0, 0.05) is 17.4 Å². The topological polar surface area (TPSA) is 66.8 Å². The van der Waals surface area contributed by atoms with Gasteiger partial charge in [-0.1, -0.05) is 6.92 Å². The highest BCUT2D eigenvalue weighted by Gasteiger charge is 2.51. The van der Waals surface area contributed by atoms with Gasteiger partial charge < -0.3 is 14.7 Å². The second-order valence-electron chi connectivity index (χ2n) is 12.0. The van der Waals surface area contributed by atoms with Gasteiger partial charge in [0.05, 0.1) is 18.7 Å². The Morgan fingerprint density at radius 1 is 1.12 bits per heavy atom. The maximum atomic E-state index is 15.3. The second-order valence-corrected chi connectivity index (χ2v) is 12.0. The molecule has 1 aliphatic heterocycles. The maximum Gasteiger partial charge on any atom is 0.326 e. The summed E-state index contributed by atoms with van der Waals surface area (Å²) in [5, 5.41) is 9.55. The first-order valence-corrected chi connectivity index (χ1v) is 12.9. The summed E-state index contributed by atoms with van der Waals surface area (Å²) in [6, 6.07) is 1.56. The predicted molar refractivity (Wildman–Crippen MR) is 121 cm³/mol. The van der Waals surface area contributed by atoms with Crippen molar-refractivity contribution in [1.82, 2.24) is 4.90 Å². The summed E-state index contributed by atoms with van der Waals surface area (Å²) in [5.41, 5.74) is 0.832. The standard InChI is InChI=1S/C27H33F2NO4/c1-14-22(29)12-30(24(14)26(32)33)25(31)20-7-19(18-2-3-18)23(8-21(20)28)34-13-27-9-15-4-16(10-27)6-17(5-15)11-27/h7-8,14-18,22,24H,2-6,9-13H2,1H3,(H,32,33). The van der Waals surface area contributed by atoms with Crippen molar-refractivity contribution in [2.45, 2.75) is 76.4 Å². The minimum Gasteiger partial charge on any atom is -0.493 e. The minimum absolute atomic E-state index is 0.184. The van der Waals surface area contributed by atoms with E-state index in [4.69, 9.17) is 4.74 Å². The molecule has 5 aliphatic carbocycles. The highest BCUT2D eigenvalue weighted by molar-refractivity contribution is 5.97. The number of benzene rings is 1. The van der Waals surface area contributed by atoms with Gasteiger partial charge >= 0.3 is 5.97 Å². The van der Waals surface area contributed by atoms with Gasteiger partial charge in [-0.2, -0.15) is 0 Å². The first-order chi connectivity index (χ1) is 16.2. The summed E-state index contributed by atoms with van der Waals surface area (Å²) < 4.78 is 35.9. The Balaban J connectivity index is 1.25. The number of carboxylic acids is 1. The van der Waals surface area contributed by atoms with E-state index in [1.54, 1.807) is 6.07 Å². The maximum absolute atomic E-state index is 15.3. The fourth-order valence-electron chi connectivity index (χ4n) is 7.94. The molecule has 5 nitrogen and oxygen atoms in total. The van der Waals surface area contributed by atoms with Gasteiger partial charge in [-0.3, -0.25) is 4.79 Å². The molecule has 6 aliphatic rings. The Morgan fingerprint density at radius 3 is 2.29 bits per heavy atom. The van der Waals surface area contributed by atoms with Gasteiger partial charge in [0.1, 0.15) is 23.8 Å². The van der Waals surface area contributed by atoms with Crippen LogP contribution in [-0.4, -0.2) is 47.2 Å². The molecule has 6 fully saturated rings. The van der Waals surface area contributed by atoms with Gasteiger partial charge in [0.15, 0.2) is 0 Å². The zero-order chi connectivity index (χ0) is 23.8. The lowest BCUT2D eigenvalue weighted by molar-refractivity contribution is -0.142. The van der Waals surface area contributed by atoms with Crippen molar-refractivity contribution >= 4 is 11.9 Å². The number of hydrogen-bond acceptors (Lipinski definition) is 3. The van der Waals surface area contributed by atoms with Crippen molar-refractivity contribution in [2.75, 3.05) is 13.2 Å². The molecule has 1 aromatic rings. The monoisotopic (exact) mass is 473 g/mol. The summed E-state index contributed by atoms with van der Waals surface area (Å²) >= 11 is 0. The molecule has 1 N–H and O–H groups in total. The minimum atomic E-state index is -1.45. The molecular formula is C27H33F2NO4. The summed E-state index contributed by atoms with van der Waals surface area (Å²) in [5.74, 6) is -0.438. The quantitative estimate of drug-likeness (QED) is 0.618. The van der Waals surface area contributed by atoms with Crippen LogP contribution in [0.2, 0.25) is 0 Å². The lowest BCUT2D eigenvalue weighted by Crippen LogP contribution is -2.48. The van der Waals surface area contributed by atoms with Gasteiger partial charge in [0.25, 0.3) is 5.91 Å². The van der Waals surface area contributed by atoms with E-state index in [0.29, 0.717) is 12.4 Å². The first kappa shape index (κ1) is 22.3. The van der Waals surface area contributed by atoms with Gasteiger partial charge in [0.2, 0.25) is 0 Å². The van der Waals surface area contributed by atoms with Crippen molar-refractivity contribution in [3.63, 3.8) is 0 Å². The van der Waals surface area contributed by atoms with E-state index >= 15 is 4.39 Å². The lowest BCUT2D eigenvalue weighted by Gasteiger charge is -2.56. The third kappa shape index (κ3) is 3.70. The van der Waals surface area contributed by atoms with Crippen LogP contribution in [-0.2, 0) is 4.79 Å². The van der Waals surface area contributed by atoms with Crippen LogP contribution in [0.1, 0.15) is 80.1 Å². The van der Waals surface area contributed by atoms with Crippen LogP contribution in [0, 0.1) is 34.9 Å². The fourth-order valence-corrected chi connectivity index (χ4v) is 7.94. The van der Waals surface area contributed by atoms with Crippen molar-refractivity contribution in [3.05, 3.63) is 29.1 Å². The van der Waals surface area contributed by atoms with Gasteiger partial charge in [-0.25, -0.2) is 13.6 Å². The fraction of sp³-hybridized carbons (Fsp3) is 0.704. The number of amides is 1. The predicted octanol–water partition coefficient (Wildman–Crippen LogP) is 5.18. The largest absolute Gasteiger partial charge is 0.493 e. The van der Waals surface area contributed by atoms with E-state index in [1.807, 2.05) is 0 Å². The summed E-state index contributed by atoms with van der Waals surface area (Å²) in [4.78, 5) is 25.9. The number of alkyl halides is 1. The van der Waals surface area contributed by atoms with Gasteiger partial charge in [-0.05, 0) is 86.7 Å². The van der Waals surface area contributed by atoms with E-state index in [9.17, 15) is 19.1 Å². The second kappa shape index (κ2) is 7.92. The van der Waals surface area contributed by atoms with Crippen molar-refractivity contribution in [3.8, 4) is 5.75 Å². The average molecular weight is 474 g/mol. The molecule has 3 unspecified atom stereocenters. The number of aliphatic carboxylic acids is 1. The molecule has 0 spiro atoms. The average Bonchev–Trinajstić information content (AvgIpc) is 3.56. The van der Waals surface area contributed by atoms with Crippen molar-refractivity contribution in [1.29, 1.82) is 0 Å². The molecule has 1 saturated heterocycles. The number of nitrogens with zero attached hydrogens (tertiary/aromatic N) is 1. The van der Waals surface area contributed by atoms with Crippen LogP contribution in [0.4, 0.5) is 8.78 Å². The number of carbonyl (C=O) groups is 2. The smallest absolute Gasteiger partial charge is 0.326 e. The number of halogens is 2. The van der Waals surface area contributed by atoms with Crippen LogP contribution in [0.15, 0.2) is 12.1 Å². The number of rotatable bonds is 6. The highest BCUT2D eigenvalue weighted by atomic mass is 19.1. The van der Waals surface area contributed by atoms with Crippen LogP contribution in [0.25, 0.3) is 0 Å². The Morgan fingerprint density at radius 2 is 1.74 bits per heavy atom. The third-order valence-electron chi connectivity index (χ3n) is 9.34. The third-order valence-corrected chi connectivity index (χ3v) is 9.34. The van der Waals surface area contributed by atoms with Crippen LogP contribution in [0.3, 0.4) is 0 Å². The summed E-state index contributed by atoms with van der Waals surface area (Å²) in [6.45, 7) is 1.74. The number of likely N-dealkylation sites (tertiary alicyclic amines) is 1. The van der Waals surface area contributed by atoms with Gasteiger partial charge in [-0.15, -0.1) is 0 Å². The molecule has 0 aromatic heterocycles. The van der Waals surface area contributed by atoms with E-state index in [2.05, 4.69) is 0 Å². The summed E-state index contributed by atoms with van der Waals surface area (Å²) in [7, 11) is 0. The lowest BCUT2D eigenvalue weighted by atomic mass is 9.50. The molecule has 7 heteroatoms.